The molecule has 0 aromatic heterocycles. The lowest BCUT2D eigenvalue weighted by Gasteiger charge is -2.07. The number of nitrogens with one attached hydrogen (secondary N) is 1. The van der Waals surface area contributed by atoms with Crippen LogP contribution in [0.1, 0.15) is 11.1 Å². The van der Waals surface area contributed by atoms with Crippen LogP contribution in [0.15, 0.2) is 48.5 Å². The summed E-state index contributed by atoms with van der Waals surface area (Å²) in [6.45, 7) is 0.557. The van der Waals surface area contributed by atoms with E-state index in [4.69, 9.17) is 21.6 Å². The summed E-state index contributed by atoms with van der Waals surface area (Å²) in [4.78, 5) is 11.7. The van der Waals surface area contributed by atoms with Gasteiger partial charge in [-0.25, -0.2) is 0 Å². The molecule has 0 fully saturated rings. The van der Waals surface area contributed by atoms with Crippen LogP contribution in [0.25, 0.3) is 0 Å². The topological polar surface area (TPSA) is 62.1 Å². The number of halogens is 1. The van der Waals surface area contributed by atoms with E-state index < -0.39 is 0 Å². The number of ether oxygens (including phenoxy) is 1. The molecule has 0 unspecified atom stereocenters. The molecule has 2 aromatic rings. The Bertz CT molecular complexity index is 696. The smallest absolute Gasteiger partial charge is 0.257 e. The lowest BCUT2D eigenvalue weighted by atomic mass is 10.2. The van der Waals surface area contributed by atoms with Crippen LogP contribution in [-0.4, -0.2) is 24.8 Å². The van der Waals surface area contributed by atoms with E-state index in [2.05, 4.69) is 5.32 Å². The molecule has 1 N–H and O–H groups in total. The summed E-state index contributed by atoms with van der Waals surface area (Å²) in [6.07, 6.45) is 0. The van der Waals surface area contributed by atoms with Crippen molar-refractivity contribution in [3.63, 3.8) is 0 Å². The van der Waals surface area contributed by atoms with Crippen LogP contribution in [0.2, 0.25) is 5.02 Å². The lowest BCUT2D eigenvalue weighted by Crippen LogP contribution is -2.30. The molecule has 2 aromatic carbocycles. The first-order chi connectivity index (χ1) is 11.7. The molecular weight excluding hydrogens is 344 g/mol. The number of benzene rings is 2. The Hall–Kier alpha value is -2.16. The number of hydrogen-bond acceptors (Lipinski definition) is 4. The second-order valence-corrected chi connectivity index (χ2v) is 6.50. The highest BCUT2D eigenvalue weighted by Gasteiger charge is 2.02. The third-order valence-corrected chi connectivity index (χ3v) is 4.39. The largest absolute Gasteiger partial charge is 0.484 e. The van der Waals surface area contributed by atoms with Gasteiger partial charge in [0.15, 0.2) is 6.61 Å². The highest BCUT2D eigenvalue weighted by molar-refractivity contribution is 7.98. The summed E-state index contributed by atoms with van der Waals surface area (Å²) >= 11 is 7.58. The third kappa shape index (κ3) is 6.53. The van der Waals surface area contributed by atoms with Crippen LogP contribution in [0.3, 0.4) is 0 Å². The van der Waals surface area contributed by atoms with Gasteiger partial charge in [-0.05, 0) is 42.0 Å². The van der Waals surface area contributed by atoms with Crippen LogP contribution in [0, 0.1) is 11.3 Å². The Morgan fingerprint density at radius 1 is 1.17 bits per heavy atom. The molecule has 0 aliphatic heterocycles. The number of amides is 1. The van der Waals surface area contributed by atoms with Gasteiger partial charge in [0, 0.05) is 23.1 Å². The van der Waals surface area contributed by atoms with Gasteiger partial charge in [0.1, 0.15) is 5.75 Å². The number of rotatable bonds is 8. The average Bonchev–Trinajstić information content (AvgIpc) is 2.61. The molecule has 124 valence electrons. The van der Waals surface area contributed by atoms with E-state index in [0.29, 0.717) is 17.9 Å². The van der Waals surface area contributed by atoms with E-state index in [1.54, 1.807) is 36.0 Å². The fraction of sp³-hybridized carbons (Fsp3) is 0.222. The average molecular weight is 361 g/mol. The van der Waals surface area contributed by atoms with Crippen molar-refractivity contribution in [3.05, 3.63) is 64.7 Å². The highest BCUT2D eigenvalue weighted by Crippen LogP contribution is 2.15. The molecule has 0 spiro atoms. The van der Waals surface area contributed by atoms with E-state index in [0.717, 1.165) is 16.5 Å². The van der Waals surface area contributed by atoms with Crippen LogP contribution < -0.4 is 10.1 Å². The Balaban J connectivity index is 1.57. The molecule has 0 heterocycles. The number of hydrogen-bond donors (Lipinski definition) is 1. The summed E-state index contributed by atoms with van der Waals surface area (Å²) in [5.74, 6) is 2.12. The van der Waals surface area contributed by atoms with Gasteiger partial charge in [0.25, 0.3) is 5.91 Å². The SMILES string of the molecule is N#Cc1ccc(OCC(=O)NCCSCc2ccc(Cl)cc2)cc1. The third-order valence-electron chi connectivity index (χ3n) is 3.10. The molecule has 0 aliphatic carbocycles. The minimum atomic E-state index is -0.161. The van der Waals surface area contributed by atoms with Gasteiger partial charge >= 0.3 is 0 Å². The van der Waals surface area contributed by atoms with Gasteiger partial charge in [-0.15, -0.1) is 0 Å². The van der Waals surface area contributed by atoms with Crippen molar-refractivity contribution in [2.24, 2.45) is 0 Å². The van der Waals surface area contributed by atoms with E-state index >= 15 is 0 Å². The Kier molecular flexibility index (Phi) is 7.47. The van der Waals surface area contributed by atoms with E-state index in [1.165, 1.54) is 5.56 Å². The van der Waals surface area contributed by atoms with Gasteiger partial charge < -0.3 is 10.1 Å². The zero-order chi connectivity index (χ0) is 17.2. The zero-order valence-electron chi connectivity index (χ0n) is 13.0. The fourth-order valence-corrected chi connectivity index (χ4v) is 2.80. The zero-order valence-corrected chi connectivity index (χ0v) is 14.6. The summed E-state index contributed by atoms with van der Waals surface area (Å²) in [5.41, 5.74) is 1.77. The van der Waals surface area contributed by atoms with Crippen molar-refractivity contribution in [2.75, 3.05) is 18.9 Å². The molecule has 0 saturated heterocycles. The van der Waals surface area contributed by atoms with Crippen molar-refractivity contribution < 1.29 is 9.53 Å². The second-order valence-electron chi connectivity index (χ2n) is 4.95. The molecule has 2 rings (SSSR count). The van der Waals surface area contributed by atoms with E-state index in [9.17, 15) is 4.79 Å². The Morgan fingerprint density at radius 3 is 2.54 bits per heavy atom. The molecule has 1 amide bonds. The predicted octanol–water partition coefficient (Wildman–Crippen LogP) is 3.64. The predicted molar refractivity (Wildman–Crippen MR) is 97.3 cm³/mol. The maximum atomic E-state index is 11.7. The number of carbonyl (C=O) groups excluding carboxylic acids is 1. The van der Waals surface area contributed by atoms with E-state index in [-0.39, 0.29) is 12.5 Å². The number of carbonyl (C=O) groups is 1. The van der Waals surface area contributed by atoms with Gasteiger partial charge in [0.2, 0.25) is 0 Å². The summed E-state index contributed by atoms with van der Waals surface area (Å²) in [7, 11) is 0. The Labute approximate surface area is 150 Å². The summed E-state index contributed by atoms with van der Waals surface area (Å²) in [6, 6.07) is 16.4. The van der Waals surface area contributed by atoms with Crippen molar-refractivity contribution in [2.45, 2.75) is 5.75 Å². The quantitative estimate of drug-likeness (QED) is 0.730. The van der Waals surface area contributed by atoms with Crippen LogP contribution in [0.4, 0.5) is 0 Å². The van der Waals surface area contributed by atoms with Crippen molar-refractivity contribution in [1.29, 1.82) is 5.26 Å². The van der Waals surface area contributed by atoms with Crippen LogP contribution >= 0.6 is 23.4 Å². The monoisotopic (exact) mass is 360 g/mol. The van der Waals surface area contributed by atoms with Crippen LogP contribution in [0.5, 0.6) is 5.75 Å². The molecule has 24 heavy (non-hydrogen) atoms. The van der Waals surface area contributed by atoms with Crippen molar-refractivity contribution >= 4 is 29.3 Å². The normalized spacial score (nSPS) is 10.0. The molecule has 0 atom stereocenters. The number of thioether (sulfide) groups is 1. The van der Waals surface area contributed by atoms with Gasteiger partial charge in [0.05, 0.1) is 11.6 Å². The number of nitrogens with zero attached hydrogens (tertiary/aromatic N) is 1. The highest BCUT2D eigenvalue weighted by atomic mass is 35.5. The molecule has 0 saturated carbocycles. The minimum Gasteiger partial charge on any atom is -0.484 e. The first kappa shape index (κ1) is 18.2. The standard InChI is InChI=1S/C18H17ClN2O2S/c19-16-5-1-15(2-6-16)13-24-10-9-21-18(22)12-23-17-7-3-14(11-20)4-8-17/h1-8H,9-10,12-13H2,(H,21,22). The maximum absolute atomic E-state index is 11.7. The summed E-state index contributed by atoms with van der Waals surface area (Å²) in [5, 5.41) is 12.3. The summed E-state index contributed by atoms with van der Waals surface area (Å²) < 4.78 is 5.36. The first-order valence-electron chi connectivity index (χ1n) is 7.39. The molecule has 0 bridgehead atoms. The second kappa shape index (κ2) is 9.86. The van der Waals surface area contributed by atoms with Crippen molar-refractivity contribution in [3.8, 4) is 11.8 Å². The van der Waals surface area contributed by atoms with Crippen molar-refractivity contribution in [1.82, 2.24) is 5.32 Å². The van der Waals surface area contributed by atoms with Crippen LogP contribution in [-0.2, 0) is 10.5 Å². The minimum absolute atomic E-state index is 0.0340. The molecule has 0 radical (unpaired) electrons. The fourth-order valence-electron chi connectivity index (χ4n) is 1.86. The molecule has 0 aliphatic rings. The maximum Gasteiger partial charge on any atom is 0.257 e. The number of nitriles is 1. The molecule has 4 nitrogen and oxygen atoms in total. The van der Waals surface area contributed by atoms with Gasteiger partial charge in [-0.1, -0.05) is 23.7 Å². The van der Waals surface area contributed by atoms with Gasteiger partial charge in [-0.2, -0.15) is 17.0 Å². The molecule has 6 heteroatoms. The van der Waals surface area contributed by atoms with Gasteiger partial charge in [-0.3, -0.25) is 4.79 Å². The Morgan fingerprint density at radius 2 is 1.88 bits per heavy atom. The van der Waals surface area contributed by atoms with E-state index in [1.807, 2.05) is 30.3 Å². The lowest BCUT2D eigenvalue weighted by molar-refractivity contribution is -0.122. The first-order valence-corrected chi connectivity index (χ1v) is 8.92. The molecular formula is C18H17ClN2O2S.